The average molecular weight is 351 g/mol. The van der Waals surface area contributed by atoms with Crippen molar-refractivity contribution in [2.45, 2.75) is 0 Å². The fraction of sp³-hybridized carbons (Fsp3) is 0.125. The van der Waals surface area contributed by atoms with Crippen molar-refractivity contribution in [3.8, 4) is 5.88 Å². The Labute approximate surface area is 145 Å². The molecule has 10 heteroatoms. The molecule has 3 aromatic heterocycles. The Kier molecular flexibility index (Phi) is 3.39. The molecule has 26 heavy (non-hydrogen) atoms. The van der Waals surface area contributed by atoms with Crippen molar-refractivity contribution in [3.63, 3.8) is 0 Å². The van der Waals surface area contributed by atoms with E-state index in [-0.39, 0.29) is 28.5 Å². The first-order valence-corrected chi connectivity index (χ1v) is 7.61. The zero-order valence-electron chi connectivity index (χ0n) is 13.8. The highest BCUT2D eigenvalue weighted by atomic mass is 16.3. The summed E-state index contributed by atoms with van der Waals surface area (Å²) in [6.07, 6.45) is 1.30. The molecule has 0 aliphatic carbocycles. The van der Waals surface area contributed by atoms with Crippen molar-refractivity contribution in [2.24, 2.45) is 24.3 Å². The summed E-state index contributed by atoms with van der Waals surface area (Å²) in [7, 11) is 2.87. The number of aromatic nitrogens is 5. The number of azo groups is 1. The second-order valence-corrected chi connectivity index (χ2v) is 5.67. The lowest BCUT2D eigenvalue weighted by Gasteiger charge is -2.05. The predicted octanol–water partition coefficient (Wildman–Crippen LogP) is 1.63. The molecule has 0 atom stereocenters. The lowest BCUT2D eigenvalue weighted by molar-refractivity contribution is 0.459. The SMILES string of the molecule is Cn1c(=O)c2nc(N=Nc3c(O)[nH]c4ccccc34)cnc2n(C)c1=O. The Morgan fingerprint density at radius 2 is 1.88 bits per heavy atom. The van der Waals surface area contributed by atoms with E-state index in [1.165, 1.54) is 24.9 Å². The number of benzene rings is 1. The highest BCUT2D eigenvalue weighted by Crippen LogP contribution is 2.35. The van der Waals surface area contributed by atoms with Crippen molar-refractivity contribution in [1.29, 1.82) is 0 Å². The number of hydrogen-bond acceptors (Lipinski definition) is 7. The summed E-state index contributed by atoms with van der Waals surface area (Å²) in [5, 5.41) is 18.7. The van der Waals surface area contributed by atoms with Gasteiger partial charge in [-0.3, -0.25) is 13.9 Å². The molecule has 0 unspecified atom stereocenters. The van der Waals surface area contributed by atoms with E-state index in [4.69, 9.17) is 0 Å². The molecule has 0 aliphatic rings. The van der Waals surface area contributed by atoms with Crippen molar-refractivity contribution in [2.75, 3.05) is 0 Å². The molecule has 0 spiro atoms. The smallest absolute Gasteiger partial charge is 0.332 e. The van der Waals surface area contributed by atoms with Crippen LogP contribution < -0.4 is 11.2 Å². The van der Waals surface area contributed by atoms with Crippen LogP contribution in [0.5, 0.6) is 5.88 Å². The summed E-state index contributed by atoms with van der Waals surface area (Å²) in [5.41, 5.74) is 0.0851. The zero-order valence-corrected chi connectivity index (χ0v) is 13.8. The number of nitrogens with zero attached hydrogens (tertiary/aromatic N) is 6. The lowest BCUT2D eigenvalue weighted by Crippen LogP contribution is -2.37. The minimum atomic E-state index is -0.567. The first-order valence-electron chi connectivity index (χ1n) is 7.61. The summed E-state index contributed by atoms with van der Waals surface area (Å²) in [6.45, 7) is 0. The zero-order chi connectivity index (χ0) is 18.4. The summed E-state index contributed by atoms with van der Waals surface area (Å²) in [4.78, 5) is 35.2. The molecule has 3 heterocycles. The van der Waals surface area contributed by atoms with E-state index in [1.54, 1.807) is 12.1 Å². The minimum absolute atomic E-state index is 0.00852. The van der Waals surface area contributed by atoms with Gasteiger partial charge in [0.05, 0.1) is 11.7 Å². The number of rotatable bonds is 2. The Balaban J connectivity index is 1.85. The number of aromatic hydroxyl groups is 1. The van der Waals surface area contributed by atoms with Crippen LogP contribution in [-0.4, -0.2) is 29.2 Å². The van der Waals surface area contributed by atoms with E-state index in [0.717, 1.165) is 4.57 Å². The molecule has 10 nitrogen and oxygen atoms in total. The van der Waals surface area contributed by atoms with E-state index in [0.29, 0.717) is 10.9 Å². The number of aryl methyl sites for hydroxylation is 1. The van der Waals surface area contributed by atoms with Crippen molar-refractivity contribution < 1.29 is 5.11 Å². The molecule has 0 aliphatic heterocycles. The van der Waals surface area contributed by atoms with Gasteiger partial charge >= 0.3 is 5.69 Å². The molecule has 0 saturated heterocycles. The van der Waals surface area contributed by atoms with Crippen molar-refractivity contribution in [3.05, 3.63) is 51.3 Å². The van der Waals surface area contributed by atoms with Gasteiger partial charge in [-0.05, 0) is 6.07 Å². The quantitative estimate of drug-likeness (QED) is 0.530. The van der Waals surface area contributed by atoms with Gasteiger partial charge in [0.2, 0.25) is 5.88 Å². The van der Waals surface area contributed by atoms with Gasteiger partial charge in [0.1, 0.15) is 0 Å². The summed E-state index contributed by atoms with van der Waals surface area (Å²) < 4.78 is 2.18. The Hall–Kier alpha value is -3.82. The monoisotopic (exact) mass is 351 g/mol. The molecule has 1 aromatic carbocycles. The van der Waals surface area contributed by atoms with Gasteiger partial charge in [-0.25, -0.2) is 14.8 Å². The van der Waals surface area contributed by atoms with Gasteiger partial charge in [-0.1, -0.05) is 18.2 Å². The van der Waals surface area contributed by atoms with E-state index >= 15 is 0 Å². The summed E-state index contributed by atoms with van der Waals surface area (Å²) in [6, 6.07) is 7.23. The van der Waals surface area contributed by atoms with Crippen LogP contribution in [-0.2, 0) is 14.1 Å². The second-order valence-electron chi connectivity index (χ2n) is 5.67. The second kappa shape index (κ2) is 5.62. The van der Waals surface area contributed by atoms with E-state index in [2.05, 4.69) is 25.2 Å². The molecule has 0 bridgehead atoms. The molecule has 2 N–H and O–H groups in total. The Bertz CT molecular complexity index is 1310. The topological polar surface area (TPSA) is 131 Å². The van der Waals surface area contributed by atoms with Crippen LogP contribution >= 0.6 is 0 Å². The van der Waals surface area contributed by atoms with Gasteiger partial charge in [0, 0.05) is 19.5 Å². The normalized spacial score (nSPS) is 11.8. The van der Waals surface area contributed by atoms with Gasteiger partial charge in [0.25, 0.3) is 5.56 Å². The first kappa shape index (κ1) is 15.7. The molecular formula is C16H13N7O3. The Morgan fingerprint density at radius 3 is 2.69 bits per heavy atom. The maximum Gasteiger partial charge on any atom is 0.332 e. The van der Waals surface area contributed by atoms with Crippen LogP contribution in [0.15, 0.2) is 50.3 Å². The minimum Gasteiger partial charge on any atom is -0.493 e. The van der Waals surface area contributed by atoms with Crippen LogP contribution in [0.25, 0.3) is 22.1 Å². The molecule has 4 aromatic rings. The van der Waals surface area contributed by atoms with Crippen LogP contribution in [0, 0.1) is 0 Å². The van der Waals surface area contributed by atoms with Crippen LogP contribution in [0.1, 0.15) is 0 Å². The highest BCUT2D eigenvalue weighted by molar-refractivity contribution is 5.94. The van der Waals surface area contributed by atoms with Crippen molar-refractivity contribution >= 4 is 33.6 Å². The van der Waals surface area contributed by atoms with Gasteiger partial charge in [-0.15, -0.1) is 10.2 Å². The van der Waals surface area contributed by atoms with Crippen LogP contribution in [0.4, 0.5) is 11.5 Å². The standard InChI is InChI=1S/C16H13N7O3/c1-22-13-12(15(25)23(2)16(22)26)19-10(7-17-13)20-21-11-8-5-3-4-6-9(8)18-14(11)24/h3-7,18,24H,1-2H3. The predicted molar refractivity (Wildman–Crippen MR) is 94.2 cm³/mol. The average Bonchev–Trinajstić information content (AvgIpc) is 2.98. The maximum atomic E-state index is 12.2. The first-order chi connectivity index (χ1) is 12.5. The van der Waals surface area contributed by atoms with E-state index in [9.17, 15) is 14.7 Å². The third-order valence-corrected chi connectivity index (χ3v) is 4.05. The number of para-hydroxylation sites is 1. The largest absolute Gasteiger partial charge is 0.493 e. The number of fused-ring (bicyclic) bond motifs is 2. The summed E-state index contributed by atoms with van der Waals surface area (Å²) in [5.74, 6) is -0.0417. The fourth-order valence-electron chi connectivity index (χ4n) is 2.69. The molecule has 4 rings (SSSR count). The highest BCUT2D eigenvalue weighted by Gasteiger charge is 2.13. The fourth-order valence-corrected chi connectivity index (χ4v) is 2.69. The molecule has 0 amide bonds. The molecule has 0 radical (unpaired) electrons. The summed E-state index contributed by atoms with van der Waals surface area (Å²) >= 11 is 0. The maximum absolute atomic E-state index is 12.2. The Morgan fingerprint density at radius 1 is 1.12 bits per heavy atom. The van der Waals surface area contributed by atoms with Gasteiger partial charge < -0.3 is 10.1 Å². The van der Waals surface area contributed by atoms with Gasteiger partial charge in [-0.2, -0.15) is 0 Å². The number of nitrogens with one attached hydrogen (secondary N) is 1. The number of H-pyrrole nitrogens is 1. The molecule has 130 valence electrons. The lowest BCUT2D eigenvalue weighted by atomic mass is 10.2. The molecule has 0 fully saturated rings. The van der Waals surface area contributed by atoms with Crippen molar-refractivity contribution in [1.82, 2.24) is 24.1 Å². The molecule has 0 saturated carbocycles. The van der Waals surface area contributed by atoms with E-state index in [1.807, 2.05) is 12.1 Å². The molecular weight excluding hydrogens is 338 g/mol. The number of aromatic amines is 1. The number of hydrogen-bond donors (Lipinski definition) is 2. The van der Waals surface area contributed by atoms with E-state index < -0.39 is 11.2 Å². The van der Waals surface area contributed by atoms with Gasteiger partial charge in [0.15, 0.2) is 22.7 Å². The third kappa shape index (κ3) is 2.27. The third-order valence-electron chi connectivity index (χ3n) is 4.05. The van der Waals surface area contributed by atoms with Crippen LogP contribution in [0.2, 0.25) is 0 Å². The van der Waals surface area contributed by atoms with Crippen LogP contribution in [0.3, 0.4) is 0 Å².